The quantitative estimate of drug-likeness (QED) is 0.550. The van der Waals surface area contributed by atoms with Crippen molar-refractivity contribution < 1.29 is 22.6 Å². The molecule has 10 heteroatoms. The number of halogens is 3. The first-order chi connectivity index (χ1) is 15.7. The van der Waals surface area contributed by atoms with Crippen LogP contribution in [0.5, 0.6) is 11.5 Å². The van der Waals surface area contributed by atoms with Crippen LogP contribution in [0.25, 0.3) is 11.2 Å². The van der Waals surface area contributed by atoms with E-state index in [2.05, 4.69) is 19.9 Å². The second-order valence-corrected chi connectivity index (χ2v) is 8.61. The molecule has 1 aliphatic carbocycles. The number of H-pyrrole nitrogens is 1. The van der Waals surface area contributed by atoms with Gasteiger partial charge in [0.1, 0.15) is 17.9 Å². The van der Waals surface area contributed by atoms with Gasteiger partial charge in [-0.1, -0.05) is 19.9 Å². The molecule has 0 unspecified atom stereocenters. The molecule has 33 heavy (non-hydrogen) atoms. The molecule has 3 aromatic rings. The highest BCUT2D eigenvalue weighted by molar-refractivity contribution is 5.69. The van der Waals surface area contributed by atoms with Gasteiger partial charge in [-0.05, 0) is 43.4 Å². The van der Waals surface area contributed by atoms with Crippen molar-refractivity contribution in [3.63, 3.8) is 0 Å². The van der Waals surface area contributed by atoms with Crippen molar-refractivity contribution in [2.45, 2.75) is 64.3 Å². The third-order valence-corrected chi connectivity index (χ3v) is 5.65. The lowest BCUT2D eigenvalue weighted by molar-refractivity contribution is -0.118. The topological polar surface area (TPSA) is 77.3 Å². The number of benzene rings is 1. The van der Waals surface area contributed by atoms with E-state index >= 15 is 0 Å². The largest absolute Gasteiger partial charge is 0.493 e. The molecule has 2 aromatic heterocycles. The monoisotopic (exact) mass is 463 g/mol. The molecule has 1 aromatic carbocycles. The summed E-state index contributed by atoms with van der Waals surface area (Å²) in [6.07, 6.45) is 1.64. The van der Waals surface area contributed by atoms with E-state index < -0.39 is 12.7 Å². The first-order valence-corrected chi connectivity index (χ1v) is 11.1. The van der Waals surface area contributed by atoms with Gasteiger partial charge in [-0.25, -0.2) is 9.97 Å². The first-order valence-electron chi connectivity index (χ1n) is 11.1. The summed E-state index contributed by atoms with van der Waals surface area (Å²) in [5, 5.41) is 0. The zero-order valence-electron chi connectivity index (χ0n) is 18.9. The summed E-state index contributed by atoms with van der Waals surface area (Å²) in [5.41, 5.74) is 1.83. The van der Waals surface area contributed by atoms with E-state index in [0.29, 0.717) is 35.0 Å². The van der Waals surface area contributed by atoms with Crippen molar-refractivity contribution in [1.82, 2.24) is 19.5 Å². The van der Waals surface area contributed by atoms with Crippen LogP contribution in [0.4, 0.5) is 13.2 Å². The van der Waals surface area contributed by atoms with Gasteiger partial charge < -0.3 is 19.0 Å². The fourth-order valence-electron chi connectivity index (χ4n) is 3.96. The van der Waals surface area contributed by atoms with E-state index in [1.54, 1.807) is 11.7 Å². The molecular formula is C23H28F3N5O2. The van der Waals surface area contributed by atoms with Crippen LogP contribution in [0.2, 0.25) is 0 Å². The van der Waals surface area contributed by atoms with Gasteiger partial charge in [-0.15, -0.1) is 0 Å². The predicted molar refractivity (Wildman–Crippen MR) is 117 cm³/mol. The Balaban J connectivity index is 1.70. The Kier molecular flexibility index (Phi) is 6.62. The molecule has 4 rings (SSSR count). The standard InChI is InChI=1S/C23H28F3N5O2/c1-14(2)20-29-19-21(27-12-23(24,25)26)28-13-31(22(19)30-20)11-15-8-9-17(32-3)18(10-15)33-16-6-4-5-7-16/h8-10,13-14,16H,4-7,11-12H2,1-3H3,(H,29,30). The molecule has 0 amide bonds. The minimum Gasteiger partial charge on any atom is -0.493 e. The summed E-state index contributed by atoms with van der Waals surface area (Å²) >= 11 is 0. The van der Waals surface area contributed by atoms with Gasteiger partial charge >= 0.3 is 6.18 Å². The molecule has 0 bridgehead atoms. The van der Waals surface area contributed by atoms with Crippen LogP contribution < -0.4 is 15.0 Å². The lowest BCUT2D eigenvalue weighted by Gasteiger charge is -2.17. The zero-order chi connectivity index (χ0) is 23.6. The maximum atomic E-state index is 12.7. The zero-order valence-corrected chi connectivity index (χ0v) is 18.9. The van der Waals surface area contributed by atoms with Crippen LogP contribution in [-0.2, 0) is 6.54 Å². The Morgan fingerprint density at radius 2 is 1.97 bits per heavy atom. The van der Waals surface area contributed by atoms with Crippen LogP contribution in [0.3, 0.4) is 0 Å². The first kappa shape index (κ1) is 23.1. The molecule has 2 heterocycles. The van der Waals surface area contributed by atoms with Crippen molar-refractivity contribution in [2.24, 2.45) is 4.99 Å². The van der Waals surface area contributed by atoms with E-state index in [1.165, 1.54) is 6.33 Å². The summed E-state index contributed by atoms with van der Waals surface area (Å²) in [7, 11) is 1.61. The Bertz CT molecular complexity index is 1180. The molecule has 1 fully saturated rings. The van der Waals surface area contributed by atoms with E-state index in [4.69, 9.17) is 9.47 Å². The van der Waals surface area contributed by atoms with Crippen LogP contribution >= 0.6 is 0 Å². The number of alkyl halides is 3. The van der Waals surface area contributed by atoms with E-state index in [9.17, 15) is 13.2 Å². The van der Waals surface area contributed by atoms with E-state index in [1.807, 2.05) is 32.0 Å². The molecule has 1 aliphatic rings. The third-order valence-electron chi connectivity index (χ3n) is 5.65. The number of hydrogen-bond donors (Lipinski definition) is 1. The highest BCUT2D eigenvalue weighted by Gasteiger charge is 2.26. The average Bonchev–Trinajstić information content (AvgIpc) is 3.43. The molecule has 178 valence electrons. The van der Waals surface area contributed by atoms with Gasteiger partial charge in [-0.3, -0.25) is 4.99 Å². The number of nitrogens with zero attached hydrogens (tertiary/aromatic N) is 4. The lowest BCUT2D eigenvalue weighted by atomic mass is 10.2. The summed E-state index contributed by atoms with van der Waals surface area (Å²) < 4.78 is 51.6. The minimum absolute atomic E-state index is 0.00189. The van der Waals surface area contributed by atoms with Crippen LogP contribution in [0, 0.1) is 0 Å². The second-order valence-electron chi connectivity index (χ2n) is 8.61. The molecule has 0 spiro atoms. The van der Waals surface area contributed by atoms with Crippen molar-refractivity contribution >= 4 is 11.2 Å². The van der Waals surface area contributed by atoms with Gasteiger partial charge in [0, 0.05) is 5.92 Å². The van der Waals surface area contributed by atoms with Gasteiger partial charge in [0.2, 0.25) is 0 Å². The smallest absolute Gasteiger partial charge is 0.408 e. The number of fused-ring (bicyclic) bond motifs is 1. The summed E-state index contributed by atoms with van der Waals surface area (Å²) in [5.74, 6) is 2.08. The third kappa shape index (κ3) is 5.48. The lowest BCUT2D eigenvalue weighted by Crippen LogP contribution is -2.20. The highest BCUT2D eigenvalue weighted by atomic mass is 19.4. The summed E-state index contributed by atoms with van der Waals surface area (Å²) in [6.45, 7) is 3.03. The molecule has 0 saturated heterocycles. The molecule has 0 radical (unpaired) electrons. The Morgan fingerprint density at radius 3 is 2.64 bits per heavy atom. The van der Waals surface area contributed by atoms with Crippen molar-refractivity contribution in [3.05, 3.63) is 41.4 Å². The van der Waals surface area contributed by atoms with E-state index in [0.717, 1.165) is 31.2 Å². The van der Waals surface area contributed by atoms with Gasteiger partial charge in [0.05, 0.1) is 26.1 Å². The van der Waals surface area contributed by atoms with Crippen molar-refractivity contribution in [1.29, 1.82) is 0 Å². The van der Waals surface area contributed by atoms with Crippen molar-refractivity contribution in [2.75, 3.05) is 13.7 Å². The van der Waals surface area contributed by atoms with E-state index in [-0.39, 0.29) is 17.5 Å². The maximum absolute atomic E-state index is 12.7. The number of rotatable bonds is 7. The number of methoxy groups -OCH3 is 1. The SMILES string of the molecule is COc1ccc(Cn2cnc(=NCC(F)(F)F)c3[nH]c(C(C)C)nc32)cc1OC1CCCC1. The van der Waals surface area contributed by atoms with Gasteiger partial charge in [0.15, 0.2) is 22.6 Å². The van der Waals surface area contributed by atoms with Crippen molar-refractivity contribution in [3.8, 4) is 11.5 Å². The summed E-state index contributed by atoms with van der Waals surface area (Å²) in [6, 6.07) is 5.73. The molecule has 0 atom stereocenters. The second kappa shape index (κ2) is 9.44. The normalized spacial score (nSPS) is 15.7. The molecule has 1 saturated carbocycles. The fourth-order valence-corrected chi connectivity index (χ4v) is 3.96. The van der Waals surface area contributed by atoms with Crippen LogP contribution in [0.15, 0.2) is 29.5 Å². The molecule has 7 nitrogen and oxygen atoms in total. The Morgan fingerprint density at radius 1 is 1.21 bits per heavy atom. The van der Waals surface area contributed by atoms with Gasteiger partial charge in [0.25, 0.3) is 0 Å². The average molecular weight is 464 g/mol. The number of hydrogen-bond acceptors (Lipinski definition) is 5. The fraction of sp³-hybridized carbons (Fsp3) is 0.522. The highest BCUT2D eigenvalue weighted by Crippen LogP contribution is 2.32. The van der Waals surface area contributed by atoms with Crippen LogP contribution in [0.1, 0.15) is 56.8 Å². The predicted octanol–water partition coefficient (Wildman–Crippen LogP) is 4.72. The minimum atomic E-state index is -4.40. The Labute approximate surface area is 189 Å². The van der Waals surface area contributed by atoms with Gasteiger partial charge in [-0.2, -0.15) is 13.2 Å². The Hall–Kier alpha value is -3.04. The molecular weight excluding hydrogens is 435 g/mol. The number of imidazole rings is 1. The number of aromatic amines is 1. The number of nitrogens with one attached hydrogen (secondary N) is 1. The number of aromatic nitrogens is 4. The maximum Gasteiger partial charge on any atom is 0.408 e. The van der Waals surface area contributed by atoms with Crippen LogP contribution in [-0.4, -0.2) is 45.5 Å². The molecule has 1 N–H and O–H groups in total. The summed E-state index contributed by atoms with van der Waals surface area (Å²) in [4.78, 5) is 15.6. The number of ether oxygens (including phenoxy) is 2. The molecule has 0 aliphatic heterocycles.